The van der Waals surface area contributed by atoms with Gasteiger partial charge in [-0.3, -0.25) is 4.79 Å². The van der Waals surface area contributed by atoms with E-state index in [4.69, 9.17) is 16.3 Å². The maximum absolute atomic E-state index is 11.2. The third kappa shape index (κ3) is 2.83. The van der Waals surface area contributed by atoms with Crippen LogP contribution in [0.25, 0.3) is 0 Å². The molecule has 1 rings (SSSR count). The predicted molar refractivity (Wildman–Crippen MR) is 47.0 cm³/mol. The number of hydrogen-bond donors (Lipinski definition) is 1. The molecule has 1 aliphatic rings. The minimum absolute atomic E-state index is 0.0886. The minimum atomic E-state index is -0.277. The van der Waals surface area contributed by atoms with E-state index in [0.717, 1.165) is 12.8 Å². The van der Waals surface area contributed by atoms with Crippen LogP contribution in [0.15, 0.2) is 11.6 Å². The van der Waals surface area contributed by atoms with Crippen LogP contribution in [0.5, 0.6) is 0 Å². The Balaban J connectivity index is 2.23. The molecule has 0 radical (unpaired) electrons. The predicted octanol–water partition coefficient (Wildman–Crippen LogP) is 1.03. The molecule has 1 saturated heterocycles. The quantitative estimate of drug-likeness (QED) is 0.721. The van der Waals surface area contributed by atoms with Crippen LogP contribution >= 0.6 is 11.6 Å². The van der Waals surface area contributed by atoms with E-state index >= 15 is 0 Å². The van der Waals surface area contributed by atoms with Crippen LogP contribution in [0.1, 0.15) is 12.8 Å². The van der Waals surface area contributed by atoms with E-state index in [1.165, 1.54) is 0 Å². The van der Waals surface area contributed by atoms with E-state index in [1.54, 1.807) is 0 Å². The van der Waals surface area contributed by atoms with Crippen LogP contribution in [0.4, 0.5) is 0 Å². The van der Waals surface area contributed by atoms with Gasteiger partial charge in [-0.15, -0.1) is 0 Å². The van der Waals surface area contributed by atoms with E-state index in [2.05, 4.69) is 11.9 Å². The molecule has 0 aromatic heterocycles. The molecule has 1 amide bonds. The number of halogens is 1. The fourth-order valence-corrected chi connectivity index (χ4v) is 1.15. The Morgan fingerprint density at radius 2 is 2.50 bits per heavy atom. The van der Waals surface area contributed by atoms with E-state index in [0.29, 0.717) is 18.2 Å². The van der Waals surface area contributed by atoms with Crippen molar-refractivity contribution in [2.75, 3.05) is 13.2 Å². The molecule has 3 nitrogen and oxygen atoms in total. The van der Waals surface area contributed by atoms with Crippen molar-refractivity contribution >= 4 is 17.5 Å². The van der Waals surface area contributed by atoms with Crippen LogP contribution in [0, 0.1) is 0 Å². The van der Waals surface area contributed by atoms with Crippen molar-refractivity contribution in [1.82, 2.24) is 5.32 Å². The molecule has 1 N–H and O–H groups in total. The smallest absolute Gasteiger partial charge is 0.249 e. The highest BCUT2D eigenvalue weighted by molar-refractivity contribution is 6.29. The molecule has 0 spiro atoms. The Labute approximate surface area is 76.7 Å². The first-order valence-electron chi connectivity index (χ1n) is 3.93. The summed E-state index contributed by atoms with van der Waals surface area (Å²) < 4.78 is 5.16. The Hall–Kier alpha value is -0.540. The molecule has 0 aromatic rings. The molecule has 0 aromatic carbocycles. The van der Waals surface area contributed by atoms with Crippen molar-refractivity contribution < 1.29 is 9.53 Å². The molecular weight excluding hydrogens is 178 g/mol. The molecule has 1 aliphatic heterocycles. The maximum Gasteiger partial charge on any atom is 0.249 e. The summed E-state index contributed by atoms with van der Waals surface area (Å²) in [6.45, 7) is 4.46. The Kier molecular flexibility index (Phi) is 3.56. The second kappa shape index (κ2) is 4.48. The highest BCUT2D eigenvalue weighted by Crippen LogP contribution is 2.11. The van der Waals surface area contributed by atoms with Gasteiger partial charge in [-0.1, -0.05) is 18.2 Å². The van der Waals surface area contributed by atoms with Gasteiger partial charge >= 0.3 is 0 Å². The first-order valence-corrected chi connectivity index (χ1v) is 4.30. The van der Waals surface area contributed by atoms with Gasteiger partial charge < -0.3 is 10.1 Å². The van der Waals surface area contributed by atoms with Gasteiger partial charge in [0.05, 0.1) is 6.54 Å². The lowest BCUT2D eigenvalue weighted by Crippen LogP contribution is -2.34. The second-order valence-electron chi connectivity index (χ2n) is 2.74. The average molecular weight is 190 g/mol. The first-order chi connectivity index (χ1) is 5.70. The lowest BCUT2D eigenvalue weighted by Gasteiger charge is -2.08. The normalized spacial score (nSPS) is 22.2. The van der Waals surface area contributed by atoms with E-state index in [-0.39, 0.29) is 12.0 Å². The average Bonchev–Trinajstić information content (AvgIpc) is 2.51. The van der Waals surface area contributed by atoms with Crippen molar-refractivity contribution in [2.24, 2.45) is 0 Å². The SMILES string of the molecule is C=C(Cl)CNC(=O)[C@H]1CCCO1. The Morgan fingerprint density at radius 3 is 3.00 bits per heavy atom. The maximum atomic E-state index is 11.2. The molecule has 4 heteroatoms. The molecule has 68 valence electrons. The second-order valence-corrected chi connectivity index (χ2v) is 3.27. The van der Waals surface area contributed by atoms with Gasteiger partial charge in [0.2, 0.25) is 5.91 Å². The number of ether oxygens (including phenoxy) is 1. The van der Waals surface area contributed by atoms with Gasteiger partial charge in [0.1, 0.15) is 6.10 Å². The van der Waals surface area contributed by atoms with Gasteiger partial charge in [0.15, 0.2) is 0 Å². The first kappa shape index (κ1) is 9.55. The van der Waals surface area contributed by atoms with Crippen LogP contribution in [-0.4, -0.2) is 25.2 Å². The fourth-order valence-electron chi connectivity index (χ4n) is 1.08. The van der Waals surface area contributed by atoms with Gasteiger partial charge in [0, 0.05) is 11.6 Å². The summed E-state index contributed by atoms with van der Waals surface area (Å²) in [6.07, 6.45) is 1.49. The summed E-state index contributed by atoms with van der Waals surface area (Å²) in [5, 5.41) is 3.06. The number of nitrogens with one attached hydrogen (secondary N) is 1. The summed E-state index contributed by atoms with van der Waals surface area (Å²) in [7, 11) is 0. The van der Waals surface area contributed by atoms with Gasteiger partial charge in [-0.2, -0.15) is 0 Å². The molecule has 0 aliphatic carbocycles. The van der Waals surface area contributed by atoms with Crippen molar-refractivity contribution in [3.05, 3.63) is 11.6 Å². The lowest BCUT2D eigenvalue weighted by molar-refractivity contribution is -0.129. The van der Waals surface area contributed by atoms with Gasteiger partial charge in [0.25, 0.3) is 0 Å². The monoisotopic (exact) mass is 189 g/mol. The molecule has 1 heterocycles. The highest BCUT2D eigenvalue weighted by atomic mass is 35.5. The van der Waals surface area contributed by atoms with Crippen LogP contribution in [0.3, 0.4) is 0 Å². The lowest BCUT2D eigenvalue weighted by atomic mass is 10.2. The summed E-state index contributed by atoms with van der Waals surface area (Å²) in [5.41, 5.74) is 0. The van der Waals surface area contributed by atoms with Crippen molar-refractivity contribution in [3.63, 3.8) is 0 Å². The van der Waals surface area contributed by atoms with E-state index in [1.807, 2.05) is 0 Å². The number of carbonyl (C=O) groups is 1. The van der Waals surface area contributed by atoms with Crippen LogP contribution < -0.4 is 5.32 Å². The van der Waals surface area contributed by atoms with Crippen LogP contribution in [0.2, 0.25) is 0 Å². The van der Waals surface area contributed by atoms with Gasteiger partial charge in [-0.05, 0) is 12.8 Å². The van der Waals surface area contributed by atoms with E-state index < -0.39 is 0 Å². The van der Waals surface area contributed by atoms with Crippen molar-refractivity contribution in [1.29, 1.82) is 0 Å². The van der Waals surface area contributed by atoms with Crippen LogP contribution in [-0.2, 0) is 9.53 Å². The van der Waals surface area contributed by atoms with Crippen molar-refractivity contribution in [3.8, 4) is 0 Å². The minimum Gasteiger partial charge on any atom is -0.368 e. The highest BCUT2D eigenvalue weighted by Gasteiger charge is 2.22. The standard InChI is InChI=1S/C8H12ClNO2/c1-6(9)5-10-8(11)7-3-2-4-12-7/h7H,1-5H2,(H,10,11)/t7-/m1/s1. The Bertz CT molecular complexity index is 187. The third-order valence-corrected chi connectivity index (χ3v) is 1.81. The summed E-state index contributed by atoms with van der Waals surface area (Å²) in [4.78, 5) is 11.2. The number of hydrogen-bond acceptors (Lipinski definition) is 2. The molecule has 0 bridgehead atoms. The zero-order valence-electron chi connectivity index (χ0n) is 6.81. The Morgan fingerprint density at radius 1 is 1.75 bits per heavy atom. The summed E-state index contributed by atoms with van der Waals surface area (Å²) in [5.74, 6) is -0.0886. The summed E-state index contributed by atoms with van der Waals surface area (Å²) in [6, 6.07) is 0. The third-order valence-electron chi connectivity index (χ3n) is 1.68. The largest absolute Gasteiger partial charge is 0.368 e. The molecule has 12 heavy (non-hydrogen) atoms. The topological polar surface area (TPSA) is 38.3 Å². The zero-order chi connectivity index (χ0) is 8.97. The molecule has 1 atom stereocenters. The molecule has 1 fully saturated rings. The number of amides is 1. The number of carbonyl (C=O) groups excluding carboxylic acids is 1. The number of rotatable bonds is 3. The zero-order valence-corrected chi connectivity index (χ0v) is 7.56. The van der Waals surface area contributed by atoms with E-state index in [9.17, 15) is 4.79 Å². The molecular formula is C8H12ClNO2. The van der Waals surface area contributed by atoms with Gasteiger partial charge in [-0.25, -0.2) is 0 Å². The molecule has 0 saturated carbocycles. The van der Waals surface area contributed by atoms with Crippen molar-refractivity contribution in [2.45, 2.75) is 18.9 Å². The summed E-state index contributed by atoms with van der Waals surface area (Å²) >= 11 is 5.48. The molecule has 0 unspecified atom stereocenters. The fraction of sp³-hybridized carbons (Fsp3) is 0.625.